The molecule has 0 aliphatic rings. The third-order valence-electron chi connectivity index (χ3n) is 1.07. The van der Waals surface area contributed by atoms with E-state index in [1.54, 1.807) is 11.3 Å². The van der Waals surface area contributed by atoms with Gasteiger partial charge in [0, 0.05) is 5.38 Å². The lowest BCUT2D eigenvalue weighted by Crippen LogP contribution is -3.00. The highest BCUT2D eigenvalue weighted by Crippen LogP contribution is 2.13. The zero-order valence-electron chi connectivity index (χ0n) is 6.80. The molecule has 1 aromatic rings. The van der Waals surface area contributed by atoms with Crippen LogP contribution in [0.15, 0.2) is 5.38 Å². The standard InChI is InChI=1S/C6H10N3S2.HI/c1-4-3-11-6(8-4)9-5(7)10-2;/h3H,7H2,1-2H3,(H,8,9);1H/q+1;/p-1. The summed E-state index contributed by atoms with van der Waals surface area (Å²) in [6.45, 7) is 1.96. The van der Waals surface area contributed by atoms with Crippen molar-refractivity contribution >= 4 is 32.9 Å². The van der Waals surface area contributed by atoms with Crippen molar-refractivity contribution in [2.45, 2.75) is 6.92 Å². The van der Waals surface area contributed by atoms with E-state index in [4.69, 9.17) is 5.73 Å². The van der Waals surface area contributed by atoms with Crippen LogP contribution in [0.1, 0.15) is 5.69 Å². The van der Waals surface area contributed by atoms with Gasteiger partial charge in [0.2, 0.25) is 11.4 Å². The second-order valence-electron chi connectivity index (χ2n) is 1.99. The molecule has 0 fully saturated rings. The maximum atomic E-state index is 5.55. The van der Waals surface area contributed by atoms with Crippen LogP contribution < -0.4 is 35.0 Å². The van der Waals surface area contributed by atoms with Gasteiger partial charge < -0.3 is 24.0 Å². The lowest BCUT2D eigenvalue weighted by atomic mass is 10.6. The van der Waals surface area contributed by atoms with E-state index in [-0.39, 0.29) is 24.0 Å². The monoisotopic (exact) mass is 315 g/mol. The highest BCUT2D eigenvalue weighted by Gasteiger charge is 2.03. The molecule has 0 aliphatic carbocycles. The van der Waals surface area contributed by atoms with Gasteiger partial charge in [0.25, 0.3) is 0 Å². The molecule has 0 bridgehead atoms. The molecule has 3 N–H and O–H groups in total. The van der Waals surface area contributed by atoms with Crippen molar-refractivity contribution in [3.05, 3.63) is 11.1 Å². The molecule has 6 heteroatoms. The first-order valence-corrected chi connectivity index (χ1v) is 5.18. The molecular weight excluding hydrogens is 305 g/mol. The van der Waals surface area contributed by atoms with E-state index in [2.05, 4.69) is 10.3 Å². The van der Waals surface area contributed by atoms with Gasteiger partial charge in [0.05, 0.1) is 5.69 Å². The van der Waals surface area contributed by atoms with Gasteiger partial charge in [-0.1, -0.05) is 0 Å². The van der Waals surface area contributed by atoms with Gasteiger partial charge in [-0.15, -0.1) is 11.3 Å². The van der Waals surface area contributed by atoms with Crippen LogP contribution in [0.2, 0.25) is 0 Å². The first-order valence-electron chi connectivity index (χ1n) is 3.08. The van der Waals surface area contributed by atoms with Crippen LogP contribution in [0.5, 0.6) is 0 Å². The van der Waals surface area contributed by atoms with Crippen molar-refractivity contribution in [1.29, 1.82) is 0 Å². The molecule has 1 aromatic heterocycles. The maximum absolute atomic E-state index is 5.55. The zero-order valence-corrected chi connectivity index (χ0v) is 10.6. The Labute approximate surface area is 96.7 Å². The highest BCUT2D eigenvalue weighted by atomic mass is 127. The van der Waals surface area contributed by atoms with E-state index >= 15 is 0 Å². The summed E-state index contributed by atoms with van der Waals surface area (Å²) in [6, 6.07) is 0. The molecule has 0 unspecified atom stereocenters. The first-order chi connectivity index (χ1) is 5.22. The molecule has 0 aromatic carbocycles. The zero-order chi connectivity index (χ0) is 8.27. The van der Waals surface area contributed by atoms with Crippen molar-refractivity contribution in [2.75, 3.05) is 11.6 Å². The number of nitrogens with two attached hydrogens (primary N) is 1. The van der Waals surface area contributed by atoms with Crippen molar-refractivity contribution in [2.24, 2.45) is 5.73 Å². The van der Waals surface area contributed by atoms with E-state index in [0.717, 1.165) is 10.8 Å². The second-order valence-corrected chi connectivity index (χ2v) is 3.69. The quantitative estimate of drug-likeness (QED) is 0.346. The predicted molar refractivity (Wildman–Crippen MR) is 53.0 cm³/mol. The third kappa shape index (κ3) is 3.74. The van der Waals surface area contributed by atoms with Crippen LogP contribution >= 0.6 is 11.3 Å². The SMILES string of the molecule is C/[S+]=C(\N)Nc1nc(C)cs1.[I-]. The number of anilines is 1. The fraction of sp³-hybridized carbons (Fsp3) is 0.333. The summed E-state index contributed by atoms with van der Waals surface area (Å²) in [4.78, 5) is 4.19. The molecule has 0 amide bonds. The topological polar surface area (TPSA) is 50.9 Å². The summed E-state index contributed by atoms with van der Waals surface area (Å²) in [6.07, 6.45) is 1.92. The van der Waals surface area contributed by atoms with Crippen LogP contribution in [-0.2, 0) is 11.4 Å². The largest absolute Gasteiger partial charge is 1.00 e. The Morgan fingerprint density at radius 1 is 1.75 bits per heavy atom. The normalized spacial score (nSPS) is 10.8. The minimum absolute atomic E-state index is 0. The lowest BCUT2D eigenvalue weighted by Gasteiger charge is -1.89. The number of nitrogens with zero attached hydrogens (tertiary/aromatic N) is 1. The number of halogens is 1. The molecule has 0 saturated heterocycles. The molecule has 0 spiro atoms. The third-order valence-corrected chi connectivity index (χ3v) is 2.49. The molecule has 12 heavy (non-hydrogen) atoms. The van der Waals surface area contributed by atoms with E-state index in [1.165, 1.54) is 11.4 Å². The number of thiazole rings is 1. The fourth-order valence-electron chi connectivity index (χ4n) is 0.568. The van der Waals surface area contributed by atoms with Crippen molar-refractivity contribution in [1.82, 2.24) is 4.98 Å². The summed E-state index contributed by atoms with van der Waals surface area (Å²) in [5, 5.41) is 6.50. The number of hydrogen-bond acceptors (Lipinski definition) is 2. The number of nitrogens with one attached hydrogen (secondary N) is 1. The van der Waals surface area contributed by atoms with Crippen LogP contribution in [-0.4, -0.2) is 16.4 Å². The Morgan fingerprint density at radius 2 is 2.42 bits per heavy atom. The van der Waals surface area contributed by atoms with Crippen molar-refractivity contribution < 1.29 is 24.0 Å². The fourth-order valence-corrected chi connectivity index (χ4v) is 1.53. The first kappa shape index (κ1) is 12.2. The summed E-state index contributed by atoms with van der Waals surface area (Å²) in [7, 11) is 0. The van der Waals surface area contributed by atoms with Gasteiger partial charge in [-0.05, 0) is 6.92 Å². The predicted octanol–water partition coefficient (Wildman–Crippen LogP) is -2.37. The second kappa shape index (κ2) is 5.79. The minimum atomic E-state index is 0. The minimum Gasteiger partial charge on any atom is -1.00 e. The number of rotatable bonds is 1. The molecule has 0 aliphatic heterocycles. The van der Waals surface area contributed by atoms with Gasteiger partial charge in [0.15, 0.2) is 11.4 Å². The van der Waals surface area contributed by atoms with Crippen LogP contribution in [0, 0.1) is 6.92 Å². The van der Waals surface area contributed by atoms with Crippen LogP contribution in [0.3, 0.4) is 0 Å². The van der Waals surface area contributed by atoms with Crippen molar-refractivity contribution in [3.63, 3.8) is 0 Å². The number of aryl methyl sites for hydroxylation is 1. The molecular formula is C6H10IN3S2. The molecule has 68 valence electrons. The average Bonchev–Trinajstić information content (AvgIpc) is 2.35. The Balaban J connectivity index is 0.00000121. The van der Waals surface area contributed by atoms with E-state index in [0.29, 0.717) is 5.11 Å². The summed E-state index contributed by atoms with van der Waals surface area (Å²) < 4.78 is 0. The van der Waals surface area contributed by atoms with Gasteiger partial charge >= 0.3 is 5.11 Å². The molecule has 1 rings (SSSR count). The van der Waals surface area contributed by atoms with Gasteiger partial charge in [-0.2, -0.15) is 0 Å². The smallest absolute Gasteiger partial charge is 0.344 e. The molecule has 1 heterocycles. The Kier molecular flexibility index (Phi) is 5.89. The molecule has 0 saturated carbocycles. The average molecular weight is 315 g/mol. The van der Waals surface area contributed by atoms with Gasteiger partial charge in [-0.25, -0.2) is 10.7 Å². The summed E-state index contributed by atoms with van der Waals surface area (Å²) >= 11 is 3.04. The maximum Gasteiger partial charge on any atom is 0.344 e. The van der Waals surface area contributed by atoms with Crippen molar-refractivity contribution in [3.8, 4) is 0 Å². The molecule has 0 radical (unpaired) electrons. The van der Waals surface area contributed by atoms with E-state index < -0.39 is 0 Å². The Hall–Kier alpha value is 0.210. The summed E-state index contributed by atoms with van der Waals surface area (Å²) in [5.41, 5.74) is 6.57. The van der Waals surface area contributed by atoms with Gasteiger partial charge in [0.1, 0.15) is 0 Å². The molecule has 0 atom stereocenters. The van der Waals surface area contributed by atoms with E-state index in [1.807, 2.05) is 18.6 Å². The summed E-state index contributed by atoms with van der Waals surface area (Å²) in [5.74, 6) is 0. The Morgan fingerprint density at radius 3 is 2.83 bits per heavy atom. The van der Waals surface area contributed by atoms with Crippen LogP contribution in [0.25, 0.3) is 0 Å². The number of hydrogen-bond donors (Lipinski definition) is 2. The highest BCUT2D eigenvalue weighted by molar-refractivity contribution is 7.78. The number of aromatic nitrogens is 1. The molecule has 3 nitrogen and oxygen atoms in total. The van der Waals surface area contributed by atoms with E-state index in [9.17, 15) is 0 Å². The Bertz CT molecular complexity index is 272. The van der Waals surface area contributed by atoms with Crippen LogP contribution in [0.4, 0.5) is 5.13 Å². The lowest BCUT2D eigenvalue weighted by molar-refractivity contribution is -0.00000246. The van der Waals surface area contributed by atoms with Gasteiger partial charge in [-0.3, -0.25) is 5.32 Å².